The zero-order valence-corrected chi connectivity index (χ0v) is 14.2. The van der Waals surface area contributed by atoms with E-state index in [2.05, 4.69) is 52.1 Å². The predicted molar refractivity (Wildman–Crippen MR) is 88.8 cm³/mol. The van der Waals surface area contributed by atoms with Crippen LogP contribution in [0.2, 0.25) is 0 Å². The molecule has 1 fully saturated rings. The van der Waals surface area contributed by atoms with Gasteiger partial charge in [0.25, 0.3) is 0 Å². The summed E-state index contributed by atoms with van der Waals surface area (Å²) in [5.74, 6) is 1.64. The SMILES string of the molecule is COc1cc(Br)cc(N2CCCNC(CC(C)C)C2)c1. The van der Waals surface area contributed by atoms with Gasteiger partial charge in [0.15, 0.2) is 0 Å². The Hall–Kier alpha value is -0.740. The summed E-state index contributed by atoms with van der Waals surface area (Å²) in [4.78, 5) is 2.47. The maximum Gasteiger partial charge on any atom is 0.122 e. The third kappa shape index (κ3) is 4.38. The number of nitrogens with one attached hydrogen (secondary N) is 1. The van der Waals surface area contributed by atoms with E-state index >= 15 is 0 Å². The van der Waals surface area contributed by atoms with Gasteiger partial charge in [-0.1, -0.05) is 29.8 Å². The fourth-order valence-corrected chi connectivity index (χ4v) is 3.27. The van der Waals surface area contributed by atoms with Crippen LogP contribution in [0.1, 0.15) is 26.7 Å². The molecule has 1 unspecified atom stereocenters. The first-order chi connectivity index (χ1) is 9.58. The zero-order chi connectivity index (χ0) is 14.5. The van der Waals surface area contributed by atoms with Crippen molar-refractivity contribution in [1.82, 2.24) is 5.32 Å². The minimum atomic E-state index is 0.572. The number of ether oxygens (including phenoxy) is 1. The van der Waals surface area contributed by atoms with Crippen molar-refractivity contribution in [2.24, 2.45) is 5.92 Å². The van der Waals surface area contributed by atoms with Gasteiger partial charge in [-0.25, -0.2) is 0 Å². The molecule has 1 heterocycles. The second-order valence-corrected chi connectivity index (χ2v) is 6.85. The Bertz CT molecular complexity index is 436. The first kappa shape index (κ1) is 15.6. The number of nitrogens with zero attached hydrogens (tertiary/aromatic N) is 1. The maximum atomic E-state index is 5.38. The van der Waals surface area contributed by atoms with Crippen molar-refractivity contribution in [2.75, 3.05) is 31.6 Å². The Kier molecular flexibility index (Phi) is 5.73. The van der Waals surface area contributed by atoms with Crippen molar-refractivity contribution in [3.05, 3.63) is 22.7 Å². The highest BCUT2D eigenvalue weighted by atomic mass is 79.9. The van der Waals surface area contributed by atoms with E-state index in [-0.39, 0.29) is 0 Å². The van der Waals surface area contributed by atoms with Crippen molar-refractivity contribution in [3.8, 4) is 5.75 Å². The minimum absolute atomic E-state index is 0.572. The molecule has 0 saturated carbocycles. The Balaban J connectivity index is 2.15. The van der Waals surface area contributed by atoms with Gasteiger partial charge in [-0.2, -0.15) is 0 Å². The van der Waals surface area contributed by atoms with E-state index in [9.17, 15) is 0 Å². The van der Waals surface area contributed by atoms with E-state index in [0.717, 1.165) is 35.8 Å². The molecule has 1 aliphatic rings. The lowest BCUT2D eigenvalue weighted by Gasteiger charge is -2.28. The van der Waals surface area contributed by atoms with Gasteiger partial charge in [0.1, 0.15) is 5.75 Å². The monoisotopic (exact) mass is 340 g/mol. The van der Waals surface area contributed by atoms with Crippen LogP contribution in [-0.2, 0) is 0 Å². The Labute approximate surface area is 130 Å². The average molecular weight is 341 g/mol. The van der Waals surface area contributed by atoms with E-state index in [1.54, 1.807) is 7.11 Å². The molecule has 112 valence electrons. The summed E-state index contributed by atoms with van der Waals surface area (Å²) in [6.07, 6.45) is 2.41. The topological polar surface area (TPSA) is 24.5 Å². The molecule has 20 heavy (non-hydrogen) atoms. The molecule has 3 nitrogen and oxygen atoms in total. The Morgan fingerprint density at radius 1 is 1.40 bits per heavy atom. The quantitative estimate of drug-likeness (QED) is 0.904. The number of hydrogen-bond donors (Lipinski definition) is 1. The highest BCUT2D eigenvalue weighted by Crippen LogP contribution is 2.28. The number of benzene rings is 1. The highest BCUT2D eigenvalue weighted by molar-refractivity contribution is 9.10. The molecular formula is C16H25BrN2O. The summed E-state index contributed by atoms with van der Waals surface area (Å²) in [6.45, 7) is 7.86. The summed E-state index contributed by atoms with van der Waals surface area (Å²) in [5, 5.41) is 3.67. The molecule has 1 aromatic carbocycles. The van der Waals surface area contributed by atoms with Crippen molar-refractivity contribution >= 4 is 21.6 Å². The largest absolute Gasteiger partial charge is 0.497 e. The second-order valence-electron chi connectivity index (χ2n) is 5.93. The summed E-state index contributed by atoms with van der Waals surface area (Å²) < 4.78 is 6.45. The first-order valence-electron chi connectivity index (χ1n) is 7.41. The normalized spacial score (nSPS) is 20.1. The molecular weight excluding hydrogens is 316 g/mol. The van der Waals surface area contributed by atoms with Gasteiger partial charge in [0.05, 0.1) is 7.11 Å². The lowest BCUT2D eigenvalue weighted by Crippen LogP contribution is -2.38. The second kappa shape index (κ2) is 7.32. The van der Waals surface area contributed by atoms with Crippen LogP contribution in [0.3, 0.4) is 0 Å². The van der Waals surface area contributed by atoms with Gasteiger partial charge in [-0.15, -0.1) is 0 Å². The molecule has 1 saturated heterocycles. The highest BCUT2D eigenvalue weighted by Gasteiger charge is 2.19. The summed E-state index contributed by atoms with van der Waals surface area (Å²) in [5.41, 5.74) is 1.24. The average Bonchev–Trinajstić information content (AvgIpc) is 2.63. The van der Waals surface area contributed by atoms with Crippen LogP contribution in [0.5, 0.6) is 5.75 Å². The zero-order valence-electron chi connectivity index (χ0n) is 12.7. The molecule has 0 bridgehead atoms. The fraction of sp³-hybridized carbons (Fsp3) is 0.625. The first-order valence-corrected chi connectivity index (χ1v) is 8.20. The number of rotatable bonds is 4. The van der Waals surface area contributed by atoms with Crippen molar-refractivity contribution in [2.45, 2.75) is 32.7 Å². The van der Waals surface area contributed by atoms with Crippen LogP contribution in [0.25, 0.3) is 0 Å². The number of hydrogen-bond acceptors (Lipinski definition) is 3. The van der Waals surface area contributed by atoms with Gasteiger partial charge in [-0.3, -0.25) is 0 Å². The molecule has 2 rings (SSSR count). The van der Waals surface area contributed by atoms with Crippen molar-refractivity contribution in [1.29, 1.82) is 0 Å². The molecule has 0 spiro atoms. The summed E-state index contributed by atoms with van der Waals surface area (Å²) in [7, 11) is 1.72. The molecule has 1 aliphatic heterocycles. The molecule has 0 radical (unpaired) electrons. The Morgan fingerprint density at radius 3 is 2.90 bits per heavy atom. The van der Waals surface area contributed by atoms with Gasteiger partial charge in [0.2, 0.25) is 0 Å². The number of methoxy groups -OCH3 is 1. The fourth-order valence-electron chi connectivity index (χ4n) is 2.81. The van der Waals surface area contributed by atoms with E-state index < -0.39 is 0 Å². The van der Waals surface area contributed by atoms with E-state index in [1.165, 1.54) is 18.5 Å². The molecule has 1 aromatic rings. The standard InChI is InChI=1S/C16H25BrN2O/c1-12(2)7-14-11-19(6-4-5-18-14)15-8-13(17)9-16(10-15)20-3/h8-10,12,14,18H,4-7,11H2,1-3H3. The van der Waals surface area contributed by atoms with E-state index in [0.29, 0.717) is 6.04 Å². The van der Waals surface area contributed by atoms with Gasteiger partial charge in [0, 0.05) is 35.4 Å². The van der Waals surface area contributed by atoms with Crippen LogP contribution < -0.4 is 15.0 Å². The van der Waals surface area contributed by atoms with Crippen LogP contribution in [0.15, 0.2) is 22.7 Å². The van der Waals surface area contributed by atoms with Crippen LogP contribution in [0.4, 0.5) is 5.69 Å². The molecule has 1 N–H and O–H groups in total. The van der Waals surface area contributed by atoms with Crippen LogP contribution in [-0.4, -0.2) is 32.8 Å². The summed E-state index contributed by atoms with van der Waals surface area (Å²) >= 11 is 3.57. The Morgan fingerprint density at radius 2 is 2.20 bits per heavy atom. The van der Waals surface area contributed by atoms with E-state index in [4.69, 9.17) is 4.74 Å². The molecule has 0 aliphatic carbocycles. The molecule has 0 amide bonds. The predicted octanol–water partition coefficient (Wildman–Crippen LogP) is 3.67. The van der Waals surface area contributed by atoms with Gasteiger partial charge >= 0.3 is 0 Å². The number of anilines is 1. The van der Waals surface area contributed by atoms with Crippen molar-refractivity contribution in [3.63, 3.8) is 0 Å². The third-order valence-electron chi connectivity index (χ3n) is 3.69. The third-order valence-corrected chi connectivity index (χ3v) is 4.15. The van der Waals surface area contributed by atoms with Gasteiger partial charge in [-0.05, 0) is 37.4 Å². The van der Waals surface area contributed by atoms with Crippen LogP contribution >= 0.6 is 15.9 Å². The molecule has 0 aromatic heterocycles. The smallest absolute Gasteiger partial charge is 0.122 e. The lowest BCUT2D eigenvalue weighted by molar-refractivity contribution is 0.414. The van der Waals surface area contributed by atoms with Crippen LogP contribution in [0, 0.1) is 5.92 Å². The molecule has 4 heteroatoms. The van der Waals surface area contributed by atoms with E-state index in [1.807, 2.05) is 6.07 Å². The molecule has 1 atom stereocenters. The lowest BCUT2D eigenvalue weighted by atomic mass is 10.0. The minimum Gasteiger partial charge on any atom is -0.497 e. The van der Waals surface area contributed by atoms with Crippen molar-refractivity contribution < 1.29 is 4.74 Å². The van der Waals surface area contributed by atoms with Gasteiger partial charge < -0.3 is 15.0 Å². The number of halogens is 1. The summed E-state index contributed by atoms with van der Waals surface area (Å²) in [6, 6.07) is 6.89. The maximum absolute atomic E-state index is 5.38.